The lowest BCUT2D eigenvalue weighted by molar-refractivity contribution is -0.0920. The summed E-state index contributed by atoms with van der Waals surface area (Å²) in [6.07, 6.45) is 6.12. The molecule has 1 saturated heterocycles. The predicted octanol–water partition coefficient (Wildman–Crippen LogP) is 5.07. The van der Waals surface area contributed by atoms with Crippen molar-refractivity contribution in [2.45, 2.75) is 103 Å². The number of likely N-dealkylation sites (tertiary alicyclic amines) is 1. The van der Waals surface area contributed by atoms with Crippen LogP contribution in [0, 0.1) is 0 Å². The van der Waals surface area contributed by atoms with Crippen LogP contribution in [-0.2, 0) is 9.16 Å². The lowest BCUT2D eigenvalue weighted by Gasteiger charge is -2.53. The van der Waals surface area contributed by atoms with E-state index in [-0.39, 0.29) is 11.1 Å². The molecule has 0 aromatic rings. The largest absolute Gasteiger partial charge is 0.417 e. The summed E-state index contributed by atoms with van der Waals surface area (Å²) in [6.45, 7) is 18.0. The van der Waals surface area contributed by atoms with Gasteiger partial charge in [0.2, 0.25) is 0 Å². The lowest BCUT2D eigenvalue weighted by atomic mass is 9.79. The van der Waals surface area contributed by atoms with E-state index in [9.17, 15) is 0 Å². The Hall–Kier alpha value is 0.0969. The van der Waals surface area contributed by atoms with Crippen LogP contribution >= 0.6 is 0 Å². The van der Waals surface area contributed by atoms with Gasteiger partial charge >= 0.3 is 0 Å². The van der Waals surface area contributed by atoms with Crippen LogP contribution < -0.4 is 0 Å². The SMILES string of the molecule is CCC[Si](C)(C)OCCCCOC1CC(C)(C)N(C)C(C)(C)C1. The average molecular weight is 344 g/mol. The summed E-state index contributed by atoms with van der Waals surface area (Å²) < 4.78 is 12.3. The van der Waals surface area contributed by atoms with Gasteiger partial charge in [-0.25, -0.2) is 0 Å². The third-order valence-corrected chi connectivity index (χ3v) is 8.20. The molecule has 1 heterocycles. The molecule has 0 unspecified atom stereocenters. The monoisotopic (exact) mass is 343 g/mol. The maximum atomic E-state index is 6.21. The van der Waals surface area contributed by atoms with E-state index in [0.29, 0.717) is 6.10 Å². The van der Waals surface area contributed by atoms with Gasteiger partial charge in [-0.05, 0) is 79.6 Å². The van der Waals surface area contributed by atoms with Crippen LogP contribution in [0.4, 0.5) is 0 Å². The maximum absolute atomic E-state index is 6.21. The summed E-state index contributed by atoms with van der Waals surface area (Å²) in [5, 5.41) is 0. The standard InChI is InChI=1S/C19H41NO2Si/c1-9-14-23(7,8)22-13-11-10-12-21-17-15-18(2,3)20(6)19(4,5)16-17/h17H,9-16H2,1-8H3. The highest BCUT2D eigenvalue weighted by Gasteiger charge is 2.43. The Morgan fingerprint density at radius 3 is 2.04 bits per heavy atom. The lowest BCUT2D eigenvalue weighted by Crippen LogP contribution is -2.60. The molecular weight excluding hydrogens is 302 g/mol. The molecule has 0 atom stereocenters. The van der Waals surface area contributed by atoms with Crippen LogP contribution in [0.25, 0.3) is 0 Å². The zero-order valence-electron chi connectivity index (χ0n) is 17.0. The highest BCUT2D eigenvalue weighted by Crippen LogP contribution is 2.38. The van der Waals surface area contributed by atoms with Gasteiger partial charge in [-0.1, -0.05) is 13.3 Å². The Bertz CT molecular complexity index is 337. The molecule has 138 valence electrons. The molecule has 1 rings (SSSR count). The fourth-order valence-corrected chi connectivity index (χ4v) is 5.92. The van der Waals surface area contributed by atoms with E-state index in [4.69, 9.17) is 9.16 Å². The first-order valence-corrected chi connectivity index (χ1v) is 12.6. The van der Waals surface area contributed by atoms with E-state index in [0.717, 1.165) is 38.9 Å². The highest BCUT2D eigenvalue weighted by atomic mass is 28.4. The Morgan fingerprint density at radius 1 is 1.00 bits per heavy atom. The average Bonchev–Trinajstić information content (AvgIpc) is 2.39. The van der Waals surface area contributed by atoms with E-state index >= 15 is 0 Å². The van der Waals surface area contributed by atoms with E-state index in [1.807, 2.05) is 0 Å². The molecule has 0 saturated carbocycles. The van der Waals surface area contributed by atoms with Gasteiger partial charge in [0.05, 0.1) is 6.10 Å². The summed E-state index contributed by atoms with van der Waals surface area (Å²) in [7, 11) is 0.858. The molecule has 0 bridgehead atoms. The summed E-state index contributed by atoms with van der Waals surface area (Å²) in [5.74, 6) is 0. The van der Waals surface area contributed by atoms with Gasteiger partial charge in [0, 0.05) is 24.3 Å². The minimum atomic E-state index is -1.39. The van der Waals surface area contributed by atoms with E-state index in [1.54, 1.807) is 0 Å². The topological polar surface area (TPSA) is 21.7 Å². The van der Waals surface area contributed by atoms with Crippen LogP contribution in [0.15, 0.2) is 0 Å². The second kappa shape index (κ2) is 8.46. The van der Waals surface area contributed by atoms with Gasteiger partial charge < -0.3 is 9.16 Å². The second-order valence-electron chi connectivity index (χ2n) is 9.15. The first kappa shape index (κ1) is 21.1. The minimum Gasteiger partial charge on any atom is -0.417 e. The van der Waals surface area contributed by atoms with Crippen molar-refractivity contribution in [3.8, 4) is 0 Å². The van der Waals surface area contributed by atoms with Gasteiger partial charge in [-0.2, -0.15) is 0 Å². The normalized spacial score (nSPS) is 22.4. The molecule has 1 aliphatic rings. The van der Waals surface area contributed by atoms with E-state index < -0.39 is 8.32 Å². The van der Waals surface area contributed by atoms with Crippen molar-refractivity contribution < 1.29 is 9.16 Å². The maximum Gasteiger partial charge on any atom is 0.186 e. The molecule has 0 aromatic heterocycles. The van der Waals surface area contributed by atoms with Crippen LogP contribution in [0.3, 0.4) is 0 Å². The number of nitrogens with zero attached hydrogens (tertiary/aromatic N) is 1. The molecule has 0 amide bonds. The number of rotatable bonds is 9. The molecule has 0 aromatic carbocycles. The van der Waals surface area contributed by atoms with Gasteiger partial charge in [-0.15, -0.1) is 0 Å². The minimum absolute atomic E-state index is 0.214. The fraction of sp³-hybridized carbons (Fsp3) is 1.00. The number of ether oxygens (including phenoxy) is 1. The van der Waals surface area contributed by atoms with E-state index in [1.165, 1.54) is 12.5 Å². The number of hydrogen-bond donors (Lipinski definition) is 0. The summed E-state index contributed by atoms with van der Waals surface area (Å²) in [4.78, 5) is 2.51. The molecule has 0 radical (unpaired) electrons. The Kier molecular flexibility index (Phi) is 7.78. The zero-order valence-corrected chi connectivity index (χ0v) is 18.0. The number of hydrogen-bond acceptors (Lipinski definition) is 3. The van der Waals surface area contributed by atoms with Gasteiger partial charge in [-0.3, -0.25) is 4.90 Å². The summed E-state index contributed by atoms with van der Waals surface area (Å²) in [5.41, 5.74) is 0.427. The molecule has 1 aliphatic heterocycles. The first-order chi connectivity index (χ1) is 10.5. The predicted molar refractivity (Wildman–Crippen MR) is 103 cm³/mol. The van der Waals surface area contributed by atoms with Crippen molar-refractivity contribution in [2.24, 2.45) is 0 Å². The highest BCUT2D eigenvalue weighted by molar-refractivity contribution is 6.71. The molecule has 1 fully saturated rings. The van der Waals surface area contributed by atoms with Crippen molar-refractivity contribution in [3.63, 3.8) is 0 Å². The number of unbranched alkanes of at least 4 members (excludes halogenated alkanes) is 1. The smallest absolute Gasteiger partial charge is 0.186 e. The van der Waals surface area contributed by atoms with Crippen molar-refractivity contribution in [1.29, 1.82) is 0 Å². The molecule has 0 N–H and O–H groups in total. The van der Waals surface area contributed by atoms with Gasteiger partial charge in [0.1, 0.15) is 0 Å². The Labute approximate surface area is 146 Å². The quantitative estimate of drug-likeness (QED) is 0.431. The third kappa shape index (κ3) is 6.85. The molecule has 23 heavy (non-hydrogen) atoms. The summed E-state index contributed by atoms with van der Waals surface area (Å²) in [6, 6.07) is 1.27. The second-order valence-corrected chi connectivity index (χ2v) is 13.5. The summed E-state index contributed by atoms with van der Waals surface area (Å²) >= 11 is 0. The Morgan fingerprint density at radius 2 is 1.52 bits per heavy atom. The molecule has 4 heteroatoms. The van der Waals surface area contributed by atoms with Crippen molar-refractivity contribution >= 4 is 8.32 Å². The van der Waals surface area contributed by atoms with Crippen molar-refractivity contribution in [2.75, 3.05) is 20.3 Å². The molecule has 3 nitrogen and oxygen atoms in total. The molecule has 0 aliphatic carbocycles. The van der Waals surface area contributed by atoms with E-state index in [2.05, 4.69) is 59.7 Å². The Balaban J connectivity index is 2.24. The first-order valence-electron chi connectivity index (χ1n) is 9.50. The molecule has 0 spiro atoms. The van der Waals surface area contributed by atoms with Crippen molar-refractivity contribution in [1.82, 2.24) is 4.90 Å². The van der Waals surface area contributed by atoms with Crippen molar-refractivity contribution in [3.05, 3.63) is 0 Å². The zero-order chi connectivity index (χ0) is 17.7. The van der Waals surface area contributed by atoms with Gasteiger partial charge in [0.15, 0.2) is 8.32 Å². The number of piperidine rings is 1. The fourth-order valence-electron chi connectivity index (χ4n) is 3.87. The van der Waals surface area contributed by atoms with Crippen LogP contribution in [0.5, 0.6) is 0 Å². The van der Waals surface area contributed by atoms with Gasteiger partial charge in [0.25, 0.3) is 0 Å². The van der Waals surface area contributed by atoms with Crippen LogP contribution in [0.2, 0.25) is 19.1 Å². The molecular formula is C19H41NO2Si. The third-order valence-electron chi connectivity index (χ3n) is 5.51. The van der Waals surface area contributed by atoms with Crippen LogP contribution in [0.1, 0.15) is 66.7 Å². The van der Waals surface area contributed by atoms with Crippen LogP contribution in [-0.4, -0.2) is 50.7 Å².